The molecule has 0 saturated heterocycles. The van der Waals surface area contributed by atoms with Crippen LogP contribution in [0.15, 0.2) is 23.3 Å². The van der Waals surface area contributed by atoms with E-state index in [9.17, 15) is 0 Å². The van der Waals surface area contributed by atoms with Gasteiger partial charge < -0.3 is 0 Å². The van der Waals surface area contributed by atoms with Gasteiger partial charge in [-0.3, -0.25) is 0 Å². The molecule has 0 saturated carbocycles. The SMILES string of the molecule is C1=C/C/C2=C(\CCCCC/1)CCCCCCCCCC2. The average molecular weight is 274 g/mol. The Morgan fingerprint density at radius 1 is 0.450 bits per heavy atom. The van der Waals surface area contributed by atoms with Crippen molar-refractivity contribution in [1.29, 1.82) is 0 Å². The fraction of sp³-hybridized carbons (Fsp3) is 0.800. The predicted molar refractivity (Wildman–Crippen MR) is 90.0 cm³/mol. The zero-order valence-electron chi connectivity index (χ0n) is 13.5. The highest BCUT2D eigenvalue weighted by Crippen LogP contribution is 2.28. The Hall–Kier alpha value is -0.520. The smallest absolute Gasteiger partial charge is 0.0136 e. The van der Waals surface area contributed by atoms with Gasteiger partial charge in [0.15, 0.2) is 0 Å². The molecule has 2 rings (SSSR count). The van der Waals surface area contributed by atoms with Gasteiger partial charge in [-0.15, -0.1) is 0 Å². The Labute approximate surface area is 126 Å². The lowest BCUT2D eigenvalue weighted by atomic mass is 9.89. The second-order valence-corrected chi connectivity index (χ2v) is 6.81. The highest BCUT2D eigenvalue weighted by molar-refractivity contribution is 5.18. The maximum Gasteiger partial charge on any atom is -0.0136 e. The molecule has 0 bridgehead atoms. The first-order valence-corrected chi connectivity index (χ1v) is 9.31. The van der Waals surface area contributed by atoms with Gasteiger partial charge in [-0.2, -0.15) is 0 Å². The van der Waals surface area contributed by atoms with Crippen LogP contribution in [-0.2, 0) is 0 Å². The molecule has 0 heteroatoms. The summed E-state index contributed by atoms with van der Waals surface area (Å²) in [4.78, 5) is 0. The zero-order valence-corrected chi connectivity index (χ0v) is 13.5. The lowest BCUT2D eigenvalue weighted by molar-refractivity contribution is 0.548. The Morgan fingerprint density at radius 3 is 1.60 bits per heavy atom. The van der Waals surface area contributed by atoms with Crippen molar-refractivity contribution < 1.29 is 0 Å². The van der Waals surface area contributed by atoms with Gasteiger partial charge in [0.1, 0.15) is 0 Å². The van der Waals surface area contributed by atoms with Crippen LogP contribution in [0.3, 0.4) is 0 Å². The largest absolute Gasteiger partial charge is 0.0882 e. The minimum atomic E-state index is 1.26. The molecule has 0 unspecified atom stereocenters. The summed E-state index contributed by atoms with van der Waals surface area (Å²) in [5, 5.41) is 0. The molecule has 0 amide bonds. The molecule has 0 nitrogen and oxygen atoms in total. The standard InChI is InChI=1S/C20H34/c1-2-4-8-12-16-20-18-14-10-6-5-9-13-17-19(20)15-11-7-3-1/h9,13H,1-8,10-12,14-18H2/b13-9+,20-19-. The van der Waals surface area contributed by atoms with Crippen LogP contribution in [-0.4, -0.2) is 0 Å². The first kappa shape index (κ1) is 15.9. The molecule has 2 aliphatic carbocycles. The Morgan fingerprint density at radius 2 is 0.950 bits per heavy atom. The summed E-state index contributed by atoms with van der Waals surface area (Å²) in [6, 6.07) is 0. The lowest BCUT2D eigenvalue weighted by Crippen LogP contribution is -1.97. The third-order valence-corrected chi connectivity index (χ3v) is 5.09. The van der Waals surface area contributed by atoms with Crippen LogP contribution in [0, 0.1) is 0 Å². The Bertz CT molecular complexity index is 308. The van der Waals surface area contributed by atoms with Crippen molar-refractivity contribution in [3.8, 4) is 0 Å². The Balaban J connectivity index is 2.01. The van der Waals surface area contributed by atoms with E-state index in [0.29, 0.717) is 0 Å². The first-order valence-electron chi connectivity index (χ1n) is 9.31. The fourth-order valence-corrected chi connectivity index (χ4v) is 3.76. The maximum atomic E-state index is 2.46. The van der Waals surface area contributed by atoms with Crippen molar-refractivity contribution in [1.82, 2.24) is 0 Å². The molecule has 0 fully saturated rings. The topological polar surface area (TPSA) is 0 Å². The van der Waals surface area contributed by atoms with E-state index in [-0.39, 0.29) is 0 Å². The maximum absolute atomic E-state index is 2.46. The van der Waals surface area contributed by atoms with Gasteiger partial charge in [0.25, 0.3) is 0 Å². The molecular weight excluding hydrogens is 240 g/mol. The molecule has 114 valence electrons. The molecule has 20 heavy (non-hydrogen) atoms. The summed E-state index contributed by atoms with van der Waals surface area (Å²) >= 11 is 0. The van der Waals surface area contributed by atoms with Crippen LogP contribution in [0.1, 0.15) is 103 Å². The molecule has 0 atom stereocenters. The summed E-state index contributed by atoms with van der Waals surface area (Å²) in [5.74, 6) is 0. The fourth-order valence-electron chi connectivity index (χ4n) is 3.76. The van der Waals surface area contributed by atoms with Crippen molar-refractivity contribution in [2.24, 2.45) is 0 Å². The third kappa shape index (κ3) is 6.29. The molecule has 0 N–H and O–H groups in total. The van der Waals surface area contributed by atoms with Crippen molar-refractivity contribution in [3.05, 3.63) is 23.3 Å². The number of allylic oxidation sites excluding steroid dienone is 4. The van der Waals surface area contributed by atoms with Crippen molar-refractivity contribution in [3.63, 3.8) is 0 Å². The van der Waals surface area contributed by atoms with Crippen molar-refractivity contribution >= 4 is 0 Å². The van der Waals surface area contributed by atoms with Crippen LogP contribution in [0.4, 0.5) is 0 Å². The molecule has 0 aliphatic heterocycles. The molecule has 0 radical (unpaired) electrons. The normalized spacial score (nSPS) is 29.6. The van der Waals surface area contributed by atoms with E-state index in [2.05, 4.69) is 12.2 Å². The molecule has 2 aliphatic rings. The van der Waals surface area contributed by atoms with Gasteiger partial charge in [-0.05, 0) is 57.8 Å². The minimum absolute atomic E-state index is 1.26. The van der Waals surface area contributed by atoms with Crippen molar-refractivity contribution in [2.75, 3.05) is 0 Å². The molecule has 0 heterocycles. The summed E-state index contributed by atoms with van der Waals surface area (Å²) < 4.78 is 0. The second kappa shape index (κ2) is 10.2. The highest BCUT2D eigenvalue weighted by Gasteiger charge is 2.08. The number of rotatable bonds is 0. The van der Waals surface area contributed by atoms with Gasteiger partial charge in [0, 0.05) is 0 Å². The number of hydrogen-bond acceptors (Lipinski definition) is 0. The van der Waals surface area contributed by atoms with Crippen LogP contribution < -0.4 is 0 Å². The quantitative estimate of drug-likeness (QED) is 0.413. The van der Waals surface area contributed by atoms with E-state index < -0.39 is 0 Å². The molecule has 0 aromatic rings. The van der Waals surface area contributed by atoms with Crippen molar-refractivity contribution in [2.45, 2.75) is 103 Å². The van der Waals surface area contributed by atoms with Crippen LogP contribution in [0.25, 0.3) is 0 Å². The summed E-state index contributed by atoms with van der Waals surface area (Å²) in [6.07, 6.45) is 27.7. The van der Waals surface area contributed by atoms with Crippen LogP contribution in [0.2, 0.25) is 0 Å². The third-order valence-electron chi connectivity index (χ3n) is 5.09. The van der Waals surface area contributed by atoms with E-state index in [1.54, 1.807) is 0 Å². The summed E-state index contributed by atoms with van der Waals surface area (Å²) in [7, 11) is 0. The van der Waals surface area contributed by atoms with Gasteiger partial charge in [-0.25, -0.2) is 0 Å². The van der Waals surface area contributed by atoms with Crippen LogP contribution in [0.5, 0.6) is 0 Å². The lowest BCUT2D eigenvalue weighted by Gasteiger charge is -2.17. The molecule has 0 aromatic heterocycles. The van der Waals surface area contributed by atoms with Gasteiger partial charge in [0.05, 0.1) is 0 Å². The monoisotopic (exact) mass is 274 g/mol. The van der Waals surface area contributed by atoms with Gasteiger partial charge in [-0.1, -0.05) is 68.2 Å². The highest BCUT2D eigenvalue weighted by atomic mass is 14.1. The molecule has 0 aromatic carbocycles. The van der Waals surface area contributed by atoms with E-state index >= 15 is 0 Å². The van der Waals surface area contributed by atoms with E-state index in [1.807, 2.05) is 11.1 Å². The Kier molecular flexibility index (Phi) is 8.12. The summed E-state index contributed by atoms with van der Waals surface area (Å²) in [5.41, 5.74) is 3.68. The number of hydrogen-bond donors (Lipinski definition) is 0. The molecular formula is C20H34. The zero-order chi connectivity index (χ0) is 13.9. The van der Waals surface area contributed by atoms with E-state index in [0.717, 1.165) is 0 Å². The second-order valence-electron chi connectivity index (χ2n) is 6.81. The van der Waals surface area contributed by atoms with Gasteiger partial charge >= 0.3 is 0 Å². The predicted octanol–water partition coefficient (Wildman–Crippen LogP) is 7.11. The van der Waals surface area contributed by atoms with E-state index in [4.69, 9.17) is 0 Å². The summed E-state index contributed by atoms with van der Waals surface area (Å²) in [6.45, 7) is 0. The first-order chi connectivity index (χ1) is 9.97. The van der Waals surface area contributed by atoms with Crippen LogP contribution >= 0.6 is 0 Å². The van der Waals surface area contributed by atoms with E-state index in [1.165, 1.54) is 103 Å². The van der Waals surface area contributed by atoms with Gasteiger partial charge in [0.2, 0.25) is 0 Å². The average Bonchev–Trinajstić information content (AvgIpc) is 2.46. The minimum Gasteiger partial charge on any atom is -0.0882 e. The molecule has 0 spiro atoms.